The van der Waals surface area contributed by atoms with Gasteiger partial charge in [-0.2, -0.15) is 5.10 Å². The summed E-state index contributed by atoms with van der Waals surface area (Å²) in [5, 5.41) is 7.41. The summed E-state index contributed by atoms with van der Waals surface area (Å²) in [6, 6.07) is 17.4. The Morgan fingerprint density at radius 2 is 1.76 bits per heavy atom. The second kappa shape index (κ2) is 14.0. The monoisotopic (exact) mass is 599 g/mol. The maximum absolute atomic E-state index is 12.9. The quantitative estimate of drug-likeness (QED) is 0.200. The summed E-state index contributed by atoms with van der Waals surface area (Å²) in [7, 11) is 1.56. The molecule has 3 aromatic carbocycles. The summed E-state index contributed by atoms with van der Waals surface area (Å²) in [5.41, 5.74) is 5.85. The number of hydrogen-bond donors (Lipinski definition) is 2. The SMILES string of the molecule is COc1cc(/C=N/NC(=O)C(CC(C)C)NC(=O)c2ccc(Cl)cc2)cc(Br)c1OCc1ccc(C)cc1. The van der Waals surface area contributed by atoms with Crippen LogP contribution in [0.4, 0.5) is 0 Å². The number of nitrogens with one attached hydrogen (secondary N) is 2. The number of hydrazone groups is 1. The Morgan fingerprint density at radius 1 is 1.08 bits per heavy atom. The van der Waals surface area contributed by atoms with E-state index >= 15 is 0 Å². The Balaban J connectivity index is 1.66. The Kier molecular flexibility index (Phi) is 10.7. The number of nitrogens with zero attached hydrogens (tertiary/aromatic N) is 1. The van der Waals surface area contributed by atoms with Gasteiger partial charge in [0.1, 0.15) is 12.6 Å². The molecule has 1 atom stereocenters. The predicted molar refractivity (Wildman–Crippen MR) is 154 cm³/mol. The van der Waals surface area contributed by atoms with E-state index in [2.05, 4.69) is 31.8 Å². The third-order valence-corrected chi connectivity index (χ3v) is 6.42. The molecule has 0 bridgehead atoms. The van der Waals surface area contributed by atoms with Crippen LogP contribution in [0.2, 0.25) is 5.02 Å². The fourth-order valence-corrected chi connectivity index (χ4v) is 4.29. The van der Waals surface area contributed by atoms with Gasteiger partial charge in [0.05, 0.1) is 17.8 Å². The molecule has 2 N–H and O–H groups in total. The van der Waals surface area contributed by atoms with Gasteiger partial charge in [0.15, 0.2) is 11.5 Å². The van der Waals surface area contributed by atoms with Crippen molar-refractivity contribution >= 4 is 45.6 Å². The van der Waals surface area contributed by atoms with E-state index in [9.17, 15) is 9.59 Å². The van der Waals surface area contributed by atoms with Crippen LogP contribution in [0.5, 0.6) is 11.5 Å². The maximum atomic E-state index is 12.9. The van der Waals surface area contributed by atoms with Crippen LogP contribution in [0.25, 0.3) is 0 Å². The highest BCUT2D eigenvalue weighted by atomic mass is 79.9. The Hall–Kier alpha value is -3.36. The molecule has 0 heterocycles. The van der Waals surface area contributed by atoms with Gasteiger partial charge in [-0.15, -0.1) is 0 Å². The third-order valence-electron chi connectivity index (χ3n) is 5.58. The zero-order valence-corrected chi connectivity index (χ0v) is 24.1. The molecular weight excluding hydrogens is 570 g/mol. The van der Waals surface area contributed by atoms with Crippen LogP contribution in [0.3, 0.4) is 0 Å². The lowest BCUT2D eigenvalue weighted by Gasteiger charge is -2.19. The van der Waals surface area contributed by atoms with Crippen LogP contribution >= 0.6 is 27.5 Å². The number of carbonyl (C=O) groups is 2. The predicted octanol–water partition coefficient (Wildman–Crippen LogP) is 6.29. The lowest BCUT2D eigenvalue weighted by molar-refractivity contribution is -0.123. The minimum atomic E-state index is -0.755. The van der Waals surface area contributed by atoms with Crippen molar-refractivity contribution in [1.82, 2.24) is 10.7 Å². The fourth-order valence-electron chi connectivity index (χ4n) is 3.59. The van der Waals surface area contributed by atoms with Crippen molar-refractivity contribution in [2.45, 2.75) is 39.8 Å². The molecule has 1 unspecified atom stereocenters. The van der Waals surface area contributed by atoms with Crippen LogP contribution < -0.4 is 20.2 Å². The van der Waals surface area contributed by atoms with Crippen molar-refractivity contribution in [1.29, 1.82) is 0 Å². The highest BCUT2D eigenvalue weighted by Gasteiger charge is 2.22. The summed E-state index contributed by atoms with van der Waals surface area (Å²) >= 11 is 9.44. The zero-order valence-electron chi connectivity index (χ0n) is 21.8. The molecule has 0 fully saturated rings. The molecule has 0 radical (unpaired) electrons. The first-order valence-corrected chi connectivity index (χ1v) is 13.3. The first kappa shape index (κ1) is 29.2. The number of ether oxygens (including phenoxy) is 2. The molecule has 0 saturated carbocycles. The molecule has 9 heteroatoms. The van der Waals surface area contributed by atoms with Gasteiger partial charge in [0.2, 0.25) is 0 Å². The van der Waals surface area contributed by atoms with Crippen LogP contribution in [0.15, 0.2) is 70.2 Å². The van der Waals surface area contributed by atoms with E-state index in [1.807, 2.05) is 51.1 Å². The number of amides is 2. The summed E-state index contributed by atoms with van der Waals surface area (Å²) in [4.78, 5) is 25.5. The first-order chi connectivity index (χ1) is 18.2. The van der Waals surface area contributed by atoms with E-state index in [1.54, 1.807) is 37.4 Å². The number of rotatable bonds is 11. The summed E-state index contributed by atoms with van der Waals surface area (Å²) in [6.07, 6.45) is 1.95. The molecule has 7 nitrogen and oxygen atoms in total. The average Bonchev–Trinajstić information content (AvgIpc) is 2.88. The molecule has 0 spiro atoms. The number of halogens is 2. The van der Waals surface area contributed by atoms with Gasteiger partial charge >= 0.3 is 0 Å². The first-order valence-electron chi connectivity index (χ1n) is 12.1. The van der Waals surface area contributed by atoms with Gasteiger partial charge in [-0.1, -0.05) is 55.3 Å². The van der Waals surface area contributed by atoms with Gasteiger partial charge in [-0.25, -0.2) is 5.43 Å². The topological polar surface area (TPSA) is 89.0 Å². The van der Waals surface area contributed by atoms with Crippen molar-refractivity contribution in [2.75, 3.05) is 7.11 Å². The molecule has 3 rings (SSSR count). The summed E-state index contributed by atoms with van der Waals surface area (Å²) < 4.78 is 12.2. The molecule has 3 aromatic rings. The number of methoxy groups -OCH3 is 1. The molecule has 0 aromatic heterocycles. The highest BCUT2D eigenvalue weighted by Crippen LogP contribution is 2.36. The molecule has 2 amide bonds. The van der Waals surface area contributed by atoms with Crippen LogP contribution in [0.1, 0.15) is 47.3 Å². The molecule has 0 aliphatic rings. The van der Waals surface area contributed by atoms with Crippen LogP contribution in [0, 0.1) is 12.8 Å². The Labute approximate surface area is 236 Å². The third kappa shape index (κ3) is 8.60. The van der Waals surface area contributed by atoms with Crippen LogP contribution in [-0.2, 0) is 11.4 Å². The van der Waals surface area contributed by atoms with E-state index in [0.29, 0.717) is 45.1 Å². The van der Waals surface area contributed by atoms with E-state index < -0.39 is 11.9 Å². The van der Waals surface area contributed by atoms with Crippen molar-refractivity contribution in [3.63, 3.8) is 0 Å². The molecule has 38 heavy (non-hydrogen) atoms. The van der Waals surface area contributed by atoms with E-state index in [1.165, 1.54) is 11.8 Å². The van der Waals surface area contributed by atoms with Gasteiger partial charge in [0, 0.05) is 10.6 Å². The van der Waals surface area contributed by atoms with Gasteiger partial charge < -0.3 is 14.8 Å². The van der Waals surface area contributed by atoms with E-state index in [-0.39, 0.29) is 11.8 Å². The molecule has 0 aliphatic heterocycles. The molecule has 200 valence electrons. The number of benzene rings is 3. The Morgan fingerprint density at radius 3 is 2.39 bits per heavy atom. The second-order valence-corrected chi connectivity index (χ2v) is 10.5. The van der Waals surface area contributed by atoms with Crippen molar-refractivity contribution in [3.8, 4) is 11.5 Å². The number of aryl methyl sites for hydroxylation is 1. The summed E-state index contributed by atoms with van der Waals surface area (Å²) in [5.74, 6) is 0.485. The van der Waals surface area contributed by atoms with Crippen molar-refractivity contribution in [3.05, 3.63) is 92.4 Å². The fraction of sp³-hybridized carbons (Fsp3) is 0.276. The van der Waals surface area contributed by atoms with Gasteiger partial charge in [-0.05, 0) is 82.7 Å². The minimum Gasteiger partial charge on any atom is -0.493 e. The van der Waals surface area contributed by atoms with Gasteiger partial charge in [0.25, 0.3) is 11.8 Å². The molecule has 0 saturated heterocycles. The number of carbonyl (C=O) groups excluding carboxylic acids is 2. The molecular formula is C29H31BrClN3O4. The van der Waals surface area contributed by atoms with Crippen molar-refractivity contribution in [2.24, 2.45) is 11.0 Å². The summed E-state index contributed by atoms with van der Waals surface area (Å²) in [6.45, 7) is 6.38. The zero-order chi connectivity index (χ0) is 27.7. The van der Waals surface area contributed by atoms with Crippen molar-refractivity contribution < 1.29 is 19.1 Å². The lowest BCUT2D eigenvalue weighted by Crippen LogP contribution is -2.46. The second-order valence-electron chi connectivity index (χ2n) is 9.21. The van der Waals surface area contributed by atoms with Gasteiger partial charge in [-0.3, -0.25) is 9.59 Å². The number of hydrogen-bond acceptors (Lipinski definition) is 5. The minimum absolute atomic E-state index is 0.174. The molecule has 0 aliphatic carbocycles. The van der Waals surface area contributed by atoms with E-state index in [4.69, 9.17) is 21.1 Å². The normalized spacial score (nSPS) is 11.9. The lowest BCUT2D eigenvalue weighted by atomic mass is 10.0. The Bertz CT molecular complexity index is 1280. The maximum Gasteiger partial charge on any atom is 0.262 e. The largest absolute Gasteiger partial charge is 0.493 e. The van der Waals surface area contributed by atoms with E-state index in [0.717, 1.165) is 5.56 Å². The van der Waals surface area contributed by atoms with Crippen LogP contribution in [-0.4, -0.2) is 31.2 Å². The average molecular weight is 601 g/mol. The highest BCUT2D eigenvalue weighted by molar-refractivity contribution is 9.10. The standard InChI is InChI=1S/C29H31BrClN3O4/c1-18(2)13-25(33-28(35)22-9-11-23(31)12-10-22)29(36)34-32-16-21-14-24(30)27(26(15-21)37-4)38-17-20-7-5-19(3)6-8-20/h5-12,14-16,18,25H,13,17H2,1-4H3,(H,33,35)(H,34,36)/b32-16+. The smallest absolute Gasteiger partial charge is 0.262 e.